The molecule has 0 N–H and O–H groups in total. The first-order chi connectivity index (χ1) is 18.5. The third-order valence-electron chi connectivity index (χ3n) is 7.83. The van der Waals surface area contributed by atoms with Crippen LogP contribution in [-0.2, 0) is 24.2 Å². The molecule has 2 aliphatic rings. The van der Waals surface area contributed by atoms with Crippen LogP contribution in [0.1, 0.15) is 41.6 Å². The number of hydrogen-bond donors (Lipinski definition) is 0. The van der Waals surface area contributed by atoms with E-state index in [4.69, 9.17) is 0 Å². The highest BCUT2D eigenvalue weighted by atomic mass is 32.1. The van der Waals surface area contributed by atoms with E-state index in [1.807, 2.05) is 33.7 Å². The Kier molecular flexibility index (Phi) is 6.56. The average Bonchev–Trinajstić information content (AvgIpc) is 3.39. The summed E-state index contributed by atoms with van der Waals surface area (Å²) < 4.78 is 2.48. The van der Waals surface area contributed by atoms with Crippen molar-refractivity contribution in [1.29, 1.82) is 5.26 Å². The van der Waals surface area contributed by atoms with Gasteiger partial charge in [0.1, 0.15) is 4.70 Å². The van der Waals surface area contributed by atoms with Crippen LogP contribution in [0.2, 0.25) is 0 Å². The lowest BCUT2D eigenvalue weighted by atomic mass is 9.87. The molecule has 3 heterocycles. The van der Waals surface area contributed by atoms with Crippen molar-refractivity contribution in [1.82, 2.24) is 19.4 Å². The minimum atomic E-state index is 0.0115. The van der Waals surface area contributed by atoms with Gasteiger partial charge in [0.25, 0.3) is 5.56 Å². The Labute approximate surface area is 225 Å². The van der Waals surface area contributed by atoms with E-state index in [1.165, 1.54) is 28.0 Å². The zero-order chi connectivity index (χ0) is 26.2. The molecule has 7 nitrogen and oxygen atoms in total. The van der Waals surface area contributed by atoms with Crippen LogP contribution in [0.5, 0.6) is 0 Å². The molecule has 1 aliphatic carbocycles. The van der Waals surface area contributed by atoms with E-state index in [0.29, 0.717) is 15.8 Å². The SMILES string of the molecule is CC(=O)N1CCN(Cc2ccc3c(c2)CCC(n2cnc4cc(-c5cccc(C#N)c5)sc4c2=O)C3)CC1. The van der Waals surface area contributed by atoms with Crippen molar-refractivity contribution in [3.8, 4) is 16.5 Å². The first kappa shape index (κ1) is 24.5. The highest BCUT2D eigenvalue weighted by molar-refractivity contribution is 7.22. The fourth-order valence-corrected chi connectivity index (χ4v) is 6.72. The molecule has 38 heavy (non-hydrogen) atoms. The maximum absolute atomic E-state index is 13.5. The second-order valence-electron chi connectivity index (χ2n) is 10.3. The van der Waals surface area contributed by atoms with Crippen LogP contribution in [0.15, 0.2) is 59.7 Å². The van der Waals surface area contributed by atoms with E-state index in [0.717, 1.165) is 62.4 Å². The summed E-state index contributed by atoms with van der Waals surface area (Å²) in [6.07, 6.45) is 4.37. The number of fused-ring (bicyclic) bond motifs is 2. The Morgan fingerprint density at radius 1 is 1.11 bits per heavy atom. The van der Waals surface area contributed by atoms with Crippen LogP contribution >= 0.6 is 11.3 Å². The van der Waals surface area contributed by atoms with Crippen molar-refractivity contribution in [2.75, 3.05) is 26.2 Å². The number of carbonyl (C=O) groups is 1. The van der Waals surface area contributed by atoms with Gasteiger partial charge in [-0.25, -0.2) is 4.98 Å². The van der Waals surface area contributed by atoms with Crippen LogP contribution in [-0.4, -0.2) is 51.4 Å². The molecule has 192 valence electrons. The van der Waals surface area contributed by atoms with E-state index < -0.39 is 0 Å². The summed E-state index contributed by atoms with van der Waals surface area (Å²) in [6, 6.07) is 18.4. The molecule has 1 aliphatic heterocycles. The highest BCUT2D eigenvalue weighted by Crippen LogP contribution is 2.33. The predicted molar refractivity (Wildman–Crippen MR) is 149 cm³/mol. The lowest BCUT2D eigenvalue weighted by molar-refractivity contribution is -0.130. The van der Waals surface area contributed by atoms with E-state index >= 15 is 0 Å². The number of nitrogens with zero attached hydrogens (tertiary/aromatic N) is 5. The molecule has 1 saturated heterocycles. The van der Waals surface area contributed by atoms with E-state index in [2.05, 4.69) is 34.2 Å². The number of nitriles is 1. The number of aryl methyl sites for hydroxylation is 1. The Hall–Kier alpha value is -3.80. The molecule has 1 unspecified atom stereocenters. The van der Waals surface area contributed by atoms with Crippen molar-refractivity contribution >= 4 is 27.5 Å². The Morgan fingerprint density at radius 3 is 2.74 bits per heavy atom. The van der Waals surface area contributed by atoms with Gasteiger partial charge in [0.15, 0.2) is 0 Å². The van der Waals surface area contributed by atoms with Gasteiger partial charge in [-0.1, -0.05) is 30.3 Å². The first-order valence-electron chi connectivity index (χ1n) is 13.1. The molecule has 2 aromatic carbocycles. The zero-order valence-electron chi connectivity index (χ0n) is 21.4. The van der Waals surface area contributed by atoms with Crippen molar-refractivity contribution < 1.29 is 4.79 Å². The standard InChI is InChI=1S/C30H29N5O2S/c1-20(36)34-11-9-33(10-12-34)18-22-5-6-24-15-26(8-7-23(24)14-22)35-19-32-27-16-28(38-29(27)30(35)37)25-4-2-3-21(13-25)17-31/h2-6,13-14,16,19,26H,7-12,15,18H2,1H3. The molecule has 1 fully saturated rings. The lowest BCUT2D eigenvalue weighted by Gasteiger charge is -2.34. The fourth-order valence-electron chi connectivity index (χ4n) is 5.67. The Morgan fingerprint density at radius 2 is 1.95 bits per heavy atom. The van der Waals surface area contributed by atoms with Crippen molar-refractivity contribution in [2.24, 2.45) is 0 Å². The van der Waals surface area contributed by atoms with Crippen LogP contribution < -0.4 is 5.56 Å². The molecular weight excluding hydrogens is 494 g/mol. The number of amides is 1. The molecule has 1 atom stereocenters. The van der Waals surface area contributed by atoms with Crippen LogP contribution in [0.4, 0.5) is 0 Å². The van der Waals surface area contributed by atoms with E-state index in [1.54, 1.807) is 19.3 Å². The normalized spacial score (nSPS) is 17.8. The highest BCUT2D eigenvalue weighted by Gasteiger charge is 2.24. The Balaban J connectivity index is 1.18. The maximum atomic E-state index is 13.5. The predicted octanol–water partition coefficient (Wildman–Crippen LogP) is 4.39. The average molecular weight is 524 g/mol. The lowest BCUT2D eigenvalue weighted by Crippen LogP contribution is -2.47. The van der Waals surface area contributed by atoms with Crippen LogP contribution in [0, 0.1) is 11.3 Å². The number of benzene rings is 2. The third-order valence-corrected chi connectivity index (χ3v) is 8.99. The molecule has 0 saturated carbocycles. The fraction of sp³-hybridized carbons (Fsp3) is 0.333. The molecule has 6 rings (SSSR count). The number of carbonyl (C=O) groups excluding carboxylic acids is 1. The second-order valence-corrected chi connectivity index (χ2v) is 11.3. The van der Waals surface area contributed by atoms with Gasteiger partial charge in [0, 0.05) is 50.6 Å². The van der Waals surface area contributed by atoms with Crippen LogP contribution in [0.3, 0.4) is 0 Å². The largest absolute Gasteiger partial charge is 0.340 e. The number of aromatic nitrogens is 2. The van der Waals surface area contributed by atoms with Crippen molar-refractivity contribution in [3.63, 3.8) is 0 Å². The molecule has 8 heteroatoms. The summed E-state index contributed by atoms with van der Waals surface area (Å²) in [5.41, 5.74) is 6.24. The van der Waals surface area contributed by atoms with Gasteiger partial charge in [-0.3, -0.25) is 19.1 Å². The molecule has 2 aromatic heterocycles. The smallest absolute Gasteiger partial charge is 0.271 e. The zero-order valence-corrected chi connectivity index (χ0v) is 22.2. The second kappa shape index (κ2) is 10.2. The maximum Gasteiger partial charge on any atom is 0.271 e. The van der Waals surface area contributed by atoms with Crippen LogP contribution in [0.25, 0.3) is 20.7 Å². The molecule has 1 amide bonds. The Bertz CT molecular complexity index is 1620. The summed E-state index contributed by atoms with van der Waals surface area (Å²) in [4.78, 5) is 35.0. The summed E-state index contributed by atoms with van der Waals surface area (Å²) in [5.74, 6) is 0.159. The summed E-state index contributed by atoms with van der Waals surface area (Å²) in [5, 5.41) is 9.23. The quantitative estimate of drug-likeness (QED) is 0.396. The first-order valence-corrected chi connectivity index (χ1v) is 13.9. The van der Waals surface area contributed by atoms with Gasteiger partial charge < -0.3 is 4.90 Å². The van der Waals surface area contributed by atoms with E-state index in [-0.39, 0.29) is 17.5 Å². The minimum absolute atomic E-state index is 0.0115. The molecule has 4 aromatic rings. The third kappa shape index (κ3) is 4.75. The van der Waals surface area contributed by atoms with Crippen molar-refractivity contribution in [2.45, 2.75) is 38.8 Å². The minimum Gasteiger partial charge on any atom is -0.340 e. The van der Waals surface area contributed by atoms with Gasteiger partial charge in [-0.15, -0.1) is 11.3 Å². The molecule has 0 spiro atoms. The number of hydrogen-bond acceptors (Lipinski definition) is 6. The molecule has 0 radical (unpaired) electrons. The summed E-state index contributed by atoms with van der Waals surface area (Å²) in [7, 11) is 0. The van der Waals surface area contributed by atoms with Gasteiger partial charge in [0.2, 0.25) is 5.91 Å². The number of piperazine rings is 1. The van der Waals surface area contributed by atoms with Gasteiger partial charge in [-0.2, -0.15) is 5.26 Å². The van der Waals surface area contributed by atoms with E-state index in [9.17, 15) is 14.9 Å². The topological polar surface area (TPSA) is 82.2 Å². The molecular formula is C30H29N5O2S. The summed E-state index contributed by atoms with van der Waals surface area (Å²) >= 11 is 1.45. The number of thiophene rings is 1. The monoisotopic (exact) mass is 523 g/mol. The van der Waals surface area contributed by atoms with Crippen molar-refractivity contribution in [3.05, 3.63) is 87.5 Å². The van der Waals surface area contributed by atoms with Gasteiger partial charge in [-0.05, 0) is 59.7 Å². The van der Waals surface area contributed by atoms with Gasteiger partial charge >= 0.3 is 0 Å². The number of rotatable bonds is 4. The summed E-state index contributed by atoms with van der Waals surface area (Å²) in [6.45, 7) is 5.96. The van der Waals surface area contributed by atoms with Gasteiger partial charge in [0.05, 0.1) is 23.5 Å². The molecule has 0 bridgehead atoms.